The molecule has 1 rings (SSSR count). The predicted molar refractivity (Wildman–Crippen MR) is 83.2 cm³/mol. The van der Waals surface area contributed by atoms with Gasteiger partial charge in [0.05, 0.1) is 0 Å². The fraction of sp³-hybridized carbons (Fsp3) is 0.529. The highest BCUT2D eigenvalue weighted by molar-refractivity contribution is 5.76. The van der Waals surface area contributed by atoms with Crippen molar-refractivity contribution in [1.29, 1.82) is 0 Å². The summed E-state index contributed by atoms with van der Waals surface area (Å²) in [6.07, 6.45) is 2.97. The van der Waals surface area contributed by atoms with E-state index in [-0.39, 0.29) is 18.2 Å². The highest BCUT2D eigenvalue weighted by Crippen LogP contribution is 2.08. The van der Waals surface area contributed by atoms with Crippen molar-refractivity contribution in [2.45, 2.75) is 46.0 Å². The van der Waals surface area contributed by atoms with Gasteiger partial charge in [-0.1, -0.05) is 38.1 Å². The number of aryl methyl sites for hydroxylation is 2. The van der Waals surface area contributed by atoms with Crippen molar-refractivity contribution in [3.63, 3.8) is 0 Å². The third-order valence-electron chi connectivity index (χ3n) is 3.57. The molecule has 0 fully saturated rings. The Morgan fingerprint density at radius 1 is 1.14 bits per heavy atom. The van der Waals surface area contributed by atoms with Crippen LogP contribution in [0.25, 0.3) is 0 Å². The second kappa shape index (κ2) is 9.16. The van der Waals surface area contributed by atoms with Crippen molar-refractivity contribution >= 4 is 11.9 Å². The molecule has 1 amide bonds. The fourth-order valence-electron chi connectivity index (χ4n) is 2.05. The van der Waals surface area contributed by atoms with Gasteiger partial charge in [-0.15, -0.1) is 0 Å². The van der Waals surface area contributed by atoms with E-state index in [9.17, 15) is 9.59 Å². The molecule has 21 heavy (non-hydrogen) atoms. The van der Waals surface area contributed by atoms with Gasteiger partial charge >= 0.3 is 5.97 Å². The number of aliphatic carboxylic acids is 1. The zero-order valence-corrected chi connectivity index (χ0v) is 12.9. The first-order chi connectivity index (χ1) is 10.0. The number of benzene rings is 1. The van der Waals surface area contributed by atoms with E-state index in [0.29, 0.717) is 19.4 Å². The Hall–Kier alpha value is -1.84. The zero-order chi connectivity index (χ0) is 15.7. The number of hydrogen-bond donors (Lipinski definition) is 2. The lowest BCUT2D eigenvalue weighted by atomic mass is 10.0. The maximum Gasteiger partial charge on any atom is 0.303 e. The predicted octanol–water partition coefficient (Wildman–Crippen LogP) is 2.80. The van der Waals surface area contributed by atoms with Gasteiger partial charge in [0, 0.05) is 19.4 Å². The molecule has 0 saturated carbocycles. The van der Waals surface area contributed by atoms with Crippen LogP contribution in [-0.2, 0) is 22.4 Å². The van der Waals surface area contributed by atoms with Crippen LogP contribution in [0.15, 0.2) is 24.3 Å². The van der Waals surface area contributed by atoms with E-state index >= 15 is 0 Å². The monoisotopic (exact) mass is 291 g/mol. The molecule has 1 aromatic rings. The van der Waals surface area contributed by atoms with Gasteiger partial charge in [-0.05, 0) is 36.3 Å². The number of hydrogen-bond acceptors (Lipinski definition) is 2. The van der Waals surface area contributed by atoms with E-state index in [1.807, 2.05) is 6.92 Å². The van der Waals surface area contributed by atoms with Gasteiger partial charge in [0.15, 0.2) is 0 Å². The van der Waals surface area contributed by atoms with Crippen LogP contribution in [0.3, 0.4) is 0 Å². The van der Waals surface area contributed by atoms with Gasteiger partial charge in [0.1, 0.15) is 0 Å². The normalized spacial score (nSPS) is 11.9. The average molecular weight is 291 g/mol. The van der Waals surface area contributed by atoms with Gasteiger partial charge in [-0.2, -0.15) is 0 Å². The Morgan fingerprint density at radius 3 is 2.33 bits per heavy atom. The van der Waals surface area contributed by atoms with Crippen LogP contribution in [0, 0.1) is 5.92 Å². The number of carbonyl (C=O) groups is 2. The minimum absolute atomic E-state index is 0.0248. The Balaban J connectivity index is 2.22. The van der Waals surface area contributed by atoms with E-state index in [2.05, 4.69) is 36.5 Å². The van der Waals surface area contributed by atoms with Crippen molar-refractivity contribution in [3.05, 3.63) is 35.4 Å². The lowest BCUT2D eigenvalue weighted by Gasteiger charge is -2.11. The molecule has 4 heteroatoms. The summed E-state index contributed by atoms with van der Waals surface area (Å²) in [5.74, 6) is -0.575. The molecule has 0 aliphatic carbocycles. The van der Waals surface area contributed by atoms with Gasteiger partial charge in [-0.3, -0.25) is 9.59 Å². The van der Waals surface area contributed by atoms with Gasteiger partial charge in [-0.25, -0.2) is 0 Å². The van der Waals surface area contributed by atoms with Crippen molar-refractivity contribution in [1.82, 2.24) is 5.32 Å². The molecule has 0 heterocycles. The summed E-state index contributed by atoms with van der Waals surface area (Å²) < 4.78 is 0. The van der Waals surface area contributed by atoms with Gasteiger partial charge in [0.2, 0.25) is 5.91 Å². The maximum atomic E-state index is 11.8. The second-order valence-electron chi connectivity index (χ2n) is 5.51. The fourth-order valence-corrected chi connectivity index (χ4v) is 2.05. The Morgan fingerprint density at radius 2 is 1.76 bits per heavy atom. The number of amides is 1. The molecule has 0 bridgehead atoms. The lowest BCUT2D eigenvalue weighted by Crippen LogP contribution is -2.28. The Kier molecular flexibility index (Phi) is 7.51. The first-order valence-electron chi connectivity index (χ1n) is 7.57. The van der Waals surface area contributed by atoms with Crippen LogP contribution < -0.4 is 5.32 Å². The molecule has 0 aliphatic rings. The molecule has 1 unspecified atom stereocenters. The van der Waals surface area contributed by atoms with E-state index in [4.69, 9.17) is 5.11 Å². The summed E-state index contributed by atoms with van der Waals surface area (Å²) >= 11 is 0. The van der Waals surface area contributed by atoms with Gasteiger partial charge in [0.25, 0.3) is 0 Å². The molecular formula is C17H25NO3. The van der Waals surface area contributed by atoms with E-state index in [0.717, 1.165) is 12.8 Å². The number of nitrogens with one attached hydrogen (secondary N) is 1. The highest BCUT2D eigenvalue weighted by atomic mass is 16.4. The number of rotatable bonds is 9. The summed E-state index contributed by atoms with van der Waals surface area (Å²) in [5, 5.41) is 11.5. The summed E-state index contributed by atoms with van der Waals surface area (Å²) in [4.78, 5) is 22.2. The van der Waals surface area contributed by atoms with Crippen molar-refractivity contribution < 1.29 is 14.7 Å². The first kappa shape index (κ1) is 17.2. The third kappa shape index (κ3) is 7.49. The van der Waals surface area contributed by atoms with E-state index in [1.165, 1.54) is 11.1 Å². The molecule has 0 aromatic heterocycles. The topological polar surface area (TPSA) is 66.4 Å². The lowest BCUT2D eigenvalue weighted by molar-refractivity contribution is -0.137. The van der Waals surface area contributed by atoms with Crippen LogP contribution in [0.5, 0.6) is 0 Å². The third-order valence-corrected chi connectivity index (χ3v) is 3.57. The molecule has 116 valence electrons. The van der Waals surface area contributed by atoms with Crippen molar-refractivity contribution in [2.75, 3.05) is 6.54 Å². The van der Waals surface area contributed by atoms with Crippen LogP contribution in [0.4, 0.5) is 0 Å². The minimum Gasteiger partial charge on any atom is -0.481 e. The van der Waals surface area contributed by atoms with Crippen LogP contribution >= 0.6 is 0 Å². The smallest absolute Gasteiger partial charge is 0.303 e. The highest BCUT2D eigenvalue weighted by Gasteiger charge is 2.08. The number of carboxylic acids is 1. The molecule has 0 aliphatic heterocycles. The molecule has 1 aromatic carbocycles. The standard InChI is InChI=1S/C17H25NO3/c1-3-14-5-7-15(8-6-14)9-10-16(19)18-12-13(2)4-11-17(20)21/h5-8,13H,3-4,9-12H2,1-2H3,(H,18,19)(H,20,21). The molecule has 0 spiro atoms. The van der Waals surface area contributed by atoms with Crippen LogP contribution in [-0.4, -0.2) is 23.5 Å². The molecule has 2 N–H and O–H groups in total. The maximum absolute atomic E-state index is 11.8. The Labute approximate surface area is 126 Å². The largest absolute Gasteiger partial charge is 0.481 e. The van der Waals surface area contributed by atoms with E-state index < -0.39 is 5.97 Å². The summed E-state index contributed by atoms with van der Waals surface area (Å²) in [6.45, 7) is 4.61. The second-order valence-corrected chi connectivity index (χ2v) is 5.51. The Bertz CT molecular complexity index is 454. The van der Waals surface area contributed by atoms with Crippen molar-refractivity contribution in [2.24, 2.45) is 5.92 Å². The summed E-state index contributed by atoms with van der Waals surface area (Å²) in [6, 6.07) is 8.34. The van der Waals surface area contributed by atoms with Crippen LogP contribution in [0.1, 0.15) is 44.2 Å². The SMILES string of the molecule is CCc1ccc(CCC(=O)NCC(C)CCC(=O)O)cc1. The minimum atomic E-state index is -0.788. The number of carbonyl (C=O) groups excluding carboxylic acids is 1. The first-order valence-corrected chi connectivity index (χ1v) is 7.57. The molecule has 1 atom stereocenters. The van der Waals surface area contributed by atoms with E-state index in [1.54, 1.807) is 0 Å². The molecule has 0 saturated heterocycles. The zero-order valence-electron chi connectivity index (χ0n) is 12.9. The van der Waals surface area contributed by atoms with Crippen molar-refractivity contribution in [3.8, 4) is 0 Å². The molecule has 4 nitrogen and oxygen atoms in total. The van der Waals surface area contributed by atoms with Crippen LogP contribution in [0.2, 0.25) is 0 Å². The molecule has 0 radical (unpaired) electrons. The quantitative estimate of drug-likeness (QED) is 0.735. The average Bonchev–Trinajstić information content (AvgIpc) is 2.49. The summed E-state index contributed by atoms with van der Waals surface area (Å²) in [5.41, 5.74) is 2.47. The summed E-state index contributed by atoms with van der Waals surface area (Å²) in [7, 11) is 0. The van der Waals surface area contributed by atoms with Gasteiger partial charge < -0.3 is 10.4 Å². The molecular weight excluding hydrogens is 266 g/mol. The number of carboxylic acid groups (broad SMARTS) is 1.